The lowest BCUT2D eigenvalue weighted by molar-refractivity contribution is 0.724. The molecule has 0 aliphatic heterocycles. The van der Waals surface area contributed by atoms with Crippen LogP contribution in [0.15, 0.2) is 0 Å². The monoisotopic (exact) mass is 124 g/mol. The van der Waals surface area contributed by atoms with Crippen molar-refractivity contribution in [3.63, 3.8) is 0 Å². The maximum absolute atomic E-state index is 4.86. The first-order chi connectivity index (χ1) is 2.77. The van der Waals surface area contributed by atoms with E-state index in [1.54, 1.807) is 0 Å². The van der Waals surface area contributed by atoms with Crippen molar-refractivity contribution in [1.82, 2.24) is 0 Å². The second-order valence-electron chi connectivity index (χ2n) is 1.11. The zero-order chi connectivity index (χ0) is 4.99. The van der Waals surface area contributed by atoms with Crippen LogP contribution in [0.2, 0.25) is 0 Å². The van der Waals surface area contributed by atoms with Crippen molar-refractivity contribution in [3.05, 3.63) is 0 Å². The maximum atomic E-state index is 4.86. The summed E-state index contributed by atoms with van der Waals surface area (Å²) in [6.07, 6.45) is 0. The first-order valence-corrected chi connectivity index (χ1v) is 2.68. The molecule has 0 saturated carbocycles. The van der Waals surface area contributed by atoms with E-state index in [-0.39, 0.29) is 0 Å². The van der Waals surface area contributed by atoms with E-state index in [0.717, 1.165) is 13.7 Å². The van der Waals surface area contributed by atoms with E-state index in [9.17, 15) is 0 Å². The maximum Gasteiger partial charge on any atom is 0.0805 e. The van der Waals surface area contributed by atoms with Crippen LogP contribution in [0.5, 0.6) is 0 Å². The van der Waals surface area contributed by atoms with E-state index in [1.165, 1.54) is 0 Å². The van der Waals surface area contributed by atoms with E-state index in [2.05, 4.69) is 4.08 Å². The van der Waals surface area contributed by atoms with E-state index in [1.807, 2.05) is 13.8 Å². The highest BCUT2D eigenvalue weighted by Crippen LogP contribution is 2.02. The van der Waals surface area contributed by atoms with Gasteiger partial charge in [-0.05, 0) is 19.1 Å². The van der Waals surface area contributed by atoms with Gasteiger partial charge >= 0.3 is 0 Å². The zero-order valence-corrected chi connectivity index (χ0v) is 5.38. The first-order valence-electron chi connectivity index (χ1n) is 1.56. The minimum atomic E-state index is 0.761. The van der Waals surface area contributed by atoms with E-state index >= 15 is 0 Å². The molecule has 0 atom stereocenters. The predicted octanol–water partition coefficient (Wildman–Crippen LogP) is 2.23. The summed E-state index contributed by atoms with van der Waals surface area (Å²) in [4.78, 5) is 0. The van der Waals surface area contributed by atoms with Crippen LogP contribution >= 0.6 is 20.3 Å². The molecule has 0 bridgehead atoms. The SMILES string of the molecule is CC(C)=POCl. The molecular weight excluding hydrogens is 118 g/mol. The Morgan fingerprint density at radius 2 is 2.17 bits per heavy atom. The van der Waals surface area contributed by atoms with Crippen molar-refractivity contribution >= 4 is 25.6 Å². The fourth-order valence-electron chi connectivity index (χ4n) is 0.0690. The van der Waals surface area contributed by atoms with Gasteiger partial charge in [-0.2, -0.15) is 0 Å². The van der Waals surface area contributed by atoms with Gasteiger partial charge in [-0.15, -0.1) is 0 Å². The van der Waals surface area contributed by atoms with Crippen LogP contribution in [0.3, 0.4) is 0 Å². The third-order valence-corrected chi connectivity index (χ3v) is 0.858. The van der Waals surface area contributed by atoms with Crippen molar-refractivity contribution in [2.75, 3.05) is 0 Å². The summed E-state index contributed by atoms with van der Waals surface area (Å²) in [6.45, 7) is 3.90. The van der Waals surface area contributed by atoms with E-state index < -0.39 is 0 Å². The molecule has 0 fully saturated rings. The Morgan fingerprint density at radius 1 is 1.67 bits per heavy atom. The van der Waals surface area contributed by atoms with Gasteiger partial charge < -0.3 is 0 Å². The van der Waals surface area contributed by atoms with Gasteiger partial charge in [0.2, 0.25) is 0 Å². The summed E-state index contributed by atoms with van der Waals surface area (Å²) in [5, 5.41) is 1.16. The van der Waals surface area contributed by atoms with Gasteiger partial charge in [0, 0.05) is 0 Å². The molecule has 0 aliphatic rings. The van der Waals surface area contributed by atoms with Gasteiger partial charge in [-0.25, -0.2) is 4.08 Å². The van der Waals surface area contributed by atoms with Crippen LogP contribution in [-0.4, -0.2) is 5.29 Å². The standard InChI is InChI=1S/C3H6ClOP/c1-3(2)6-5-4/h1-2H3. The Kier molecular flexibility index (Phi) is 3.86. The van der Waals surface area contributed by atoms with Crippen molar-refractivity contribution in [2.45, 2.75) is 13.8 Å². The van der Waals surface area contributed by atoms with Crippen LogP contribution in [0.1, 0.15) is 13.8 Å². The van der Waals surface area contributed by atoms with Gasteiger partial charge in [-0.3, -0.25) is 0 Å². The molecule has 0 amide bonds. The predicted molar refractivity (Wildman–Crippen MR) is 30.2 cm³/mol. The fraction of sp³-hybridized carbons (Fsp3) is 0.667. The summed E-state index contributed by atoms with van der Waals surface area (Å²) in [6, 6.07) is 0. The van der Waals surface area contributed by atoms with E-state index in [0.29, 0.717) is 0 Å². The van der Waals surface area contributed by atoms with Gasteiger partial charge in [0.1, 0.15) is 0 Å². The van der Waals surface area contributed by atoms with Gasteiger partial charge in [0.25, 0.3) is 0 Å². The fourth-order valence-corrected chi connectivity index (χ4v) is 0.621. The van der Waals surface area contributed by atoms with Crippen molar-refractivity contribution < 1.29 is 4.08 Å². The molecule has 36 valence electrons. The summed E-state index contributed by atoms with van der Waals surface area (Å²) in [5.41, 5.74) is 0. The molecule has 6 heavy (non-hydrogen) atoms. The molecule has 0 radical (unpaired) electrons. The molecule has 0 rings (SSSR count). The Morgan fingerprint density at radius 3 is 2.17 bits per heavy atom. The van der Waals surface area contributed by atoms with Crippen LogP contribution in [0.25, 0.3) is 0 Å². The molecule has 3 heteroatoms. The largest absolute Gasteiger partial charge is 0.221 e. The average Bonchev–Trinajstić information content (AvgIpc) is 1.35. The third-order valence-electron chi connectivity index (χ3n) is 0.217. The van der Waals surface area contributed by atoms with Gasteiger partial charge in [0.05, 0.1) is 20.3 Å². The lowest BCUT2D eigenvalue weighted by Crippen LogP contribution is -1.67. The second kappa shape index (κ2) is 3.60. The Hall–Kier alpha value is 0.420. The lowest BCUT2D eigenvalue weighted by atomic mass is 10.6. The lowest BCUT2D eigenvalue weighted by Gasteiger charge is -1.77. The summed E-state index contributed by atoms with van der Waals surface area (Å²) >= 11 is 4.86. The quantitative estimate of drug-likeness (QED) is 0.487. The number of rotatable bonds is 1. The normalized spacial score (nSPS) is 9.17. The average molecular weight is 125 g/mol. The molecule has 0 unspecified atom stereocenters. The van der Waals surface area contributed by atoms with Gasteiger partial charge in [-0.1, -0.05) is 0 Å². The highest BCUT2D eigenvalue weighted by atomic mass is 35.5. The molecule has 1 nitrogen and oxygen atoms in total. The highest BCUT2D eigenvalue weighted by Gasteiger charge is 1.71. The molecule has 0 spiro atoms. The van der Waals surface area contributed by atoms with Crippen molar-refractivity contribution in [1.29, 1.82) is 0 Å². The van der Waals surface area contributed by atoms with Crippen LogP contribution in [0, 0.1) is 0 Å². The number of hydrogen-bond donors (Lipinski definition) is 0. The molecule has 0 saturated heterocycles. The first kappa shape index (κ1) is 6.42. The second-order valence-corrected chi connectivity index (χ2v) is 2.74. The minimum absolute atomic E-state index is 0.761. The smallest absolute Gasteiger partial charge is 0.0805 e. The topological polar surface area (TPSA) is 9.23 Å². The van der Waals surface area contributed by atoms with E-state index in [4.69, 9.17) is 11.9 Å². The van der Waals surface area contributed by atoms with Crippen LogP contribution in [-0.2, 0) is 4.08 Å². The van der Waals surface area contributed by atoms with Crippen molar-refractivity contribution in [2.24, 2.45) is 0 Å². The van der Waals surface area contributed by atoms with Crippen LogP contribution < -0.4 is 0 Å². The summed E-state index contributed by atoms with van der Waals surface area (Å²) < 4.78 is 4.21. The number of halogens is 1. The van der Waals surface area contributed by atoms with Crippen LogP contribution in [0.4, 0.5) is 0 Å². The molecule has 0 aromatic heterocycles. The minimum Gasteiger partial charge on any atom is -0.221 e. The molecule has 0 aromatic rings. The molecule has 0 heterocycles. The Labute approximate surface area is 44.3 Å². The Bertz CT molecular complexity index is 57.8. The van der Waals surface area contributed by atoms with Gasteiger partial charge in [0.15, 0.2) is 0 Å². The zero-order valence-electron chi connectivity index (χ0n) is 3.73. The molecular formula is C3H6ClOP. The van der Waals surface area contributed by atoms with Crippen molar-refractivity contribution in [3.8, 4) is 0 Å². The highest BCUT2D eigenvalue weighted by molar-refractivity contribution is 7.36. The Balaban J connectivity index is 3.14. The molecule has 0 N–H and O–H groups in total. The summed E-state index contributed by atoms with van der Waals surface area (Å²) in [5.74, 6) is 0. The third kappa shape index (κ3) is 4.42. The number of hydrogen-bond acceptors (Lipinski definition) is 1. The summed E-state index contributed by atoms with van der Waals surface area (Å²) in [7, 11) is 0.761. The molecule has 0 aromatic carbocycles. The molecule has 0 aliphatic carbocycles.